The van der Waals surface area contributed by atoms with E-state index in [0.717, 1.165) is 28.1 Å². The Morgan fingerprint density at radius 1 is 1.44 bits per heavy atom. The van der Waals surface area contributed by atoms with Crippen molar-refractivity contribution in [1.82, 2.24) is 4.98 Å². The summed E-state index contributed by atoms with van der Waals surface area (Å²) >= 11 is 4.95. The van der Waals surface area contributed by atoms with Crippen LogP contribution >= 0.6 is 27.3 Å². The molecule has 0 spiro atoms. The zero-order valence-electron chi connectivity index (χ0n) is 10.4. The molecule has 0 unspecified atom stereocenters. The SMILES string of the molecule is CCc1cc(Cc2sc(N)nc2Br)ccc1OC. The lowest BCUT2D eigenvalue weighted by Crippen LogP contribution is -1.93. The van der Waals surface area contributed by atoms with E-state index in [1.807, 2.05) is 6.07 Å². The van der Waals surface area contributed by atoms with Gasteiger partial charge in [0.15, 0.2) is 5.13 Å². The molecule has 18 heavy (non-hydrogen) atoms. The number of thiazole rings is 1. The van der Waals surface area contributed by atoms with Crippen LogP contribution in [-0.2, 0) is 12.8 Å². The van der Waals surface area contributed by atoms with Crippen LogP contribution in [0.5, 0.6) is 5.75 Å². The lowest BCUT2D eigenvalue weighted by Gasteiger charge is -2.08. The molecular formula is C13H15BrN2OS. The van der Waals surface area contributed by atoms with Crippen LogP contribution in [-0.4, -0.2) is 12.1 Å². The number of aryl methyl sites for hydroxylation is 1. The third-order valence-corrected chi connectivity index (χ3v) is 4.56. The van der Waals surface area contributed by atoms with Crippen molar-refractivity contribution in [3.8, 4) is 5.75 Å². The maximum atomic E-state index is 5.69. The molecule has 0 aliphatic heterocycles. The van der Waals surface area contributed by atoms with Gasteiger partial charge < -0.3 is 10.5 Å². The van der Waals surface area contributed by atoms with Gasteiger partial charge in [-0.3, -0.25) is 0 Å². The summed E-state index contributed by atoms with van der Waals surface area (Å²) in [4.78, 5) is 5.32. The predicted molar refractivity (Wildman–Crippen MR) is 79.4 cm³/mol. The maximum Gasteiger partial charge on any atom is 0.181 e. The molecule has 1 heterocycles. The highest BCUT2D eigenvalue weighted by Gasteiger charge is 2.09. The molecule has 2 N–H and O–H groups in total. The van der Waals surface area contributed by atoms with Crippen molar-refractivity contribution >= 4 is 32.4 Å². The molecule has 0 bridgehead atoms. The Balaban J connectivity index is 2.27. The number of halogens is 1. The van der Waals surface area contributed by atoms with E-state index in [1.54, 1.807) is 7.11 Å². The van der Waals surface area contributed by atoms with Crippen LogP contribution in [0.25, 0.3) is 0 Å². The lowest BCUT2D eigenvalue weighted by atomic mass is 10.0. The van der Waals surface area contributed by atoms with Crippen molar-refractivity contribution in [1.29, 1.82) is 0 Å². The van der Waals surface area contributed by atoms with Crippen molar-refractivity contribution in [3.63, 3.8) is 0 Å². The number of hydrogen-bond donors (Lipinski definition) is 1. The minimum Gasteiger partial charge on any atom is -0.496 e. The Morgan fingerprint density at radius 3 is 2.78 bits per heavy atom. The summed E-state index contributed by atoms with van der Waals surface area (Å²) in [5.41, 5.74) is 8.16. The second kappa shape index (κ2) is 5.71. The second-order valence-corrected chi connectivity index (χ2v) is 5.81. The minimum absolute atomic E-state index is 0.598. The monoisotopic (exact) mass is 326 g/mol. The Bertz CT molecular complexity index is 554. The number of nitrogens with two attached hydrogens (primary N) is 1. The molecule has 0 aliphatic rings. The Kier molecular flexibility index (Phi) is 4.24. The van der Waals surface area contributed by atoms with Gasteiger partial charge in [-0.05, 0) is 39.5 Å². The number of ether oxygens (including phenoxy) is 1. The van der Waals surface area contributed by atoms with Gasteiger partial charge in [0.1, 0.15) is 10.4 Å². The number of anilines is 1. The Labute approximate surface area is 119 Å². The van der Waals surface area contributed by atoms with E-state index in [0.29, 0.717) is 5.13 Å². The van der Waals surface area contributed by atoms with Gasteiger partial charge in [0.05, 0.1) is 7.11 Å². The third-order valence-electron chi connectivity index (χ3n) is 2.76. The fourth-order valence-corrected chi connectivity index (χ4v) is 3.31. The molecule has 0 aliphatic carbocycles. The van der Waals surface area contributed by atoms with Gasteiger partial charge in [-0.1, -0.05) is 19.1 Å². The van der Waals surface area contributed by atoms with Crippen LogP contribution in [0.3, 0.4) is 0 Å². The highest BCUT2D eigenvalue weighted by atomic mass is 79.9. The molecule has 3 nitrogen and oxygen atoms in total. The third kappa shape index (κ3) is 2.84. The van der Waals surface area contributed by atoms with Gasteiger partial charge in [0.25, 0.3) is 0 Å². The van der Waals surface area contributed by atoms with Crippen molar-refractivity contribution in [3.05, 3.63) is 38.8 Å². The number of benzene rings is 1. The maximum absolute atomic E-state index is 5.69. The average molecular weight is 327 g/mol. The van der Waals surface area contributed by atoms with Crippen LogP contribution in [0.15, 0.2) is 22.8 Å². The van der Waals surface area contributed by atoms with E-state index in [2.05, 4.69) is 40.0 Å². The first-order valence-electron chi connectivity index (χ1n) is 5.70. The van der Waals surface area contributed by atoms with E-state index in [9.17, 15) is 0 Å². The Hall–Kier alpha value is -1.07. The number of nitrogen functional groups attached to an aromatic ring is 1. The van der Waals surface area contributed by atoms with E-state index in [4.69, 9.17) is 10.5 Å². The quantitative estimate of drug-likeness (QED) is 0.932. The van der Waals surface area contributed by atoms with Crippen molar-refractivity contribution in [2.75, 3.05) is 12.8 Å². The topological polar surface area (TPSA) is 48.1 Å². The minimum atomic E-state index is 0.598. The molecule has 0 amide bonds. The van der Waals surface area contributed by atoms with Crippen molar-refractivity contribution in [2.24, 2.45) is 0 Å². The number of methoxy groups -OCH3 is 1. The van der Waals surface area contributed by atoms with Crippen LogP contribution in [0, 0.1) is 0 Å². The molecule has 1 aromatic carbocycles. The first kappa shape index (κ1) is 13.4. The summed E-state index contributed by atoms with van der Waals surface area (Å²) < 4.78 is 6.18. The molecular weight excluding hydrogens is 312 g/mol. The molecule has 1 aromatic heterocycles. The Morgan fingerprint density at radius 2 is 2.22 bits per heavy atom. The van der Waals surface area contributed by atoms with Gasteiger partial charge in [-0.2, -0.15) is 0 Å². The van der Waals surface area contributed by atoms with Gasteiger partial charge in [-0.15, -0.1) is 11.3 Å². The van der Waals surface area contributed by atoms with Gasteiger partial charge in [-0.25, -0.2) is 4.98 Å². The largest absolute Gasteiger partial charge is 0.496 e. The fourth-order valence-electron chi connectivity index (χ4n) is 1.86. The number of nitrogens with zero attached hydrogens (tertiary/aromatic N) is 1. The summed E-state index contributed by atoms with van der Waals surface area (Å²) in [5, 5.41) is 0.598. The molecule has 2 rings (SSSR count). The second-order valence-electron chi connectivity index (χ2n) is 3.94. The van der Waals surface area contributed by atoms with E-state index in [1.165, 1.54) is 22.5 Å². The normalized spacial score (nSPS) is 10.6. The van der Waals surface area contributed by atoms with Crippen LogP contribution in [0.1, 0.15) is 22.9 Å². The molecule has 0 fully saturated rings. The zero-order chi connectivity index (χ0) is 13.1. The van der Waals surface area contributed by atoms with E-state index in [-0.39, 0.29) is 0 Å². The molecule has 0 radical (unpaired) electrons. The molecule has 0 atom stereocenters. The zero-order valence-corrected chi connectivity index (χ0v) is 12.8. The standard InChI is InChI=1S/C13H15BrN2OS/c1-3-9-6-8(4-5-10(9)17-2)7-11-12(14)16-13(15)18-11/h4-6H,3,7H2,1-2H3,(H2,15,16). The summed E-state index contributed by atoms with van der Waals surface area (Å²) in [6, 6.07) is 6.29. The molecule has 5 heteroatoms. The van der Waals surface area contributed by atoms with E-state index >= 15 is 0 Å². The summed E-state index contributed by atoms with van der Waals surface area (Å²) in [6.45, 7) is 2.13. The molecule has 96 valence electrons. The van der Waals surface area contributed by atoms with Crippen LogP contribution in [0.2, 0.25) is 0 Å². The fraction of sp³-hybridized carbons (Fsp3) is 0.308. The number of hydrogen-bond acceptors (Lipinski definition) is 4. The molecule has 0 saturated heterocycles. The average Bonchev–Trinajstić information content (AvgIpc) is 2.67. The smallest absolute Gasteiger partial charge is 0.181 e. The van der Waals surface area contributed by atoms with Crippen LogP contribution in [0.4, 0.5) is 5.13 Å². The summed E-state index contributed by atoms with van der Waals surface area (Å²) in [7, 11) is 1.70. The molecule has 2 aromatic rings. The first-order valence-corrected chi connectivity index (χ1v) is 7.31. The number of rotatable bonds is 4. The predicted octanol–water partition coefficient (Wildman–Crippen LogP) is 3.65. The van der Waals surface area contributed by atoms with E-state index < -0.39 is 0 Å². The first-order chi connectivity index (χ1) is 8.63. The molecule has 0 saturated carbocycles. The van der Waals surface area contributed by atoms with Crippen LogP contribution < -0.4 is 10.5 Å². The van der Waals surface area contributed by atoms with Crippen molar-refractivity contribution < 1.29 is 4.74 Å². The highest BCUT2D eigenvalue weighted by Crippen LogP contribution is 2.29. The van der Waals surface area contributed by atoms with Gasteiger partial charge >= 0.3 is 0 Å². The van der Waals surface area contributed by atoms with Crippen molar-refractivity contribution in [2.45, 2.75) is 19.8 Å². The number of aromatic nitrogens is 1. The van der Waals surface area contributed by atoms with Gasteiger partial charge in [0.2, 0.25) is 0 Å². The lowest BCUT2D eigenvalue weighted by molar-refractivity contribution is 0.410. The van der Waals surface area contributed by atoms with Gasteiger partial charge in [0, 0.05) is 11.3 Å². The summed E-state index contributed by atoms with van der Waals surface area (Å²) in [5.74, 6) is 0.948. The summed E-state index contributed by atoms with van der Waals surface area (Å²) in [6.07, 6.45) is 1.80. The highest BCUT2D eigenvalue weighted by molar-refractivity contribution is 9.10.